The molecule has 3 aromatic carbocycles. The van der Waals surface area contributed by atoms with Crippen LogP contribution in [-0.4, -0.2) is 14.3 Å². The van der Waals surface area contributed by atoms with Crippen molar-refractivity contribution < 1.29 is 13.2 Å². The minimum Gasteiger partial charge on any atom is -0.345 e. The summed E-state index contributed by atoms with van der Waals surface area (Å²) in [4.78, 5) is 13.0. The predicted molar refractivity (Wildman–Crippen MR) is 125 cm³/mol. The summed E-state index contributed by atoms with van der Waals surface area (Å²) in [7, 11) is -3.83. The number of hydrogen-bond acceptors (Lipinski definition) is 3. The third-order valence-corrected chi connectivity index (χ3v) is 6.76. The number of benzene rings is 3. The third-order valence-electron chi connectivity index (χ3n) is 5.24. The second-order valence-corrected chi connectivity index (χ2v) is 9.45. The highest BCUT2D eigenvalue weighted by molar-refractivity contribution is 7.92. The van der Waals surface area contributed by atoms with Crippen LogP contribution < -0.4 is 10.0 Å². The van der Waals surface area contributed by atoms with E-state index in [4.69, 9.17) is 0 Å². The van der Waals surface area contributed by atoms with Gasteiger partial charge in [0.05, 0.1) is 10.9 Å². The van der Waals surface area contributed by atoms with Gasteiger partial charge in [-0.25, -0.2) is 8.42 Å². The van der Waals surface area contributed by atoms with Gasteiger partial charge in [0.25, 0.3) is 15.9 Å². The summed E-state index contributed by atoms with van der Waals surface area (Å²) in [5.74, 6) is -0.306. The first-order valence-corrected chi connectivity index (χ1v) is 11.8. The van der Waals surface area contributed by atoms with Crippen LogP contribution in [0.2, 0.25) is 0 Å². The molecule has 31 heavy (non-hydrogen) atoms. The van der Waals surface area contributed by atoms with Gasteiger partial charge in [-0.1, -0.05) is 60.5 Å². The Kier molecular flexibility index (Phi) is 6.81. The lowest BCUT2D eigenvalue weighted by Crippen LogP contribution is -2.28. The summed E-state index contributed by atoms with van der Waals surface area (Å²) in [5, 5.41) is 3.02. The van der Waals surface area contributed by atoms with E-state index in [1.807, 2.05) is 57.2 Å². The van der Waals surface area contributed by atoms with Crippen LogP contribution in [-0.2, 0) is 10.0 Å². The molecule has 1 unspecified atom stereocenters. The maximum Gasteiger partial charge on any atom is 0.262 e. The molecule has 6 heteroatoms. The number of hydrogen-bond donors (Lipinski definition) is 2. The minimum absolute atomic E-state index is 0.0871. The number of nitrogens with one attached hydrogen (secondary N) is 2. The number of carbonyl (C=O) groups is 1. The Morgan fingerprint density at radius 1 is 0.871 bits per heavy atom. The Hall–Kier alpha value is -3.12. The molecule has 0 heterocycles. The molecule has 0 aliphatic carbocycles. The van der Waals surface area contributed by atoms with Crippen LogP contribution >= 0.6 is 0 Å². The van der Waals surface area contributed by atoms with Gasteiger partial charge in [0.2, 0.25) is 0 Å². The summed E-state index contributed by atoms with van der Waals surface area (Å²) >= 11 is 0. The van der Waals surface area contributed by atoms with Gasteiger partial charge >= 0.3 is 0 Å². The van der Waals surface area contributed by atoms with Crippen molar-refractivity contribution >= 4 is 21.6 Å². The standard InChI is InChI=1S/C25H28N2O3S/c1-5-23(20-11-6-17(2)7-12-20)26-25(28)21-13-10-19(4)24(16-21)31(29,30)27-22-14-8-18(3)9-15-22/h6-16,23,27H,5H2,1-4H3,(H,26,28). The first kappa shape index (κ1) is 22.6. The largest absolute Gasteiger partial charge is 0.345 e. The van der Waals surface area contributed by atoms with Crippen molar-refractivity contribution in [3.63, 3.8) is 0 Å². The highest BCUT2D eigenvalue weighted by atomic mass is 32.2. The van der Waals surface area contributed by atoms with E-state index in [0.29, 0.717) is 16.8 Å². The Morgan fingerprint density at radius 3 is 2.03 bits per heavy atom. The van der Waals surface area contributed by atoms with Gasteiger partial charge in [-0.15, -0.1) is 0 Å². The fraction of sp³-hybridized carbons (Fsp3) is 0.240. The molecule has 162 valence electrons. The quantitative estimate of drug-likeness (QED) is 0.528. The number of carbonyl (C=O) groups excluding carboxylic acids is 1. The summed E-state index contributed by atoms with van der Waals surface area (Å²) < 4.78 is 28.5. The average Bonchev–Trinajstić information content (AvgIpc) is 2.74. The van der Waals surface area contributed by atoms with E-state index in [0.717, 1.165) is 23.1 Å². The lowest BCUT2D eigenvalue weighted by Gasteiger charge is -2.18. The van der Waals surface area contributed by atoms with Gasteiger partial charge in [0.15, 0.2) is 0 Å². The molecule has 3 aromatic rings. The second kappa shape index (κ2) is 9.35. The number of amides is 1. The van der Waals surface area contributed by atoms with E-state index in [2.05, 4.69) is 10.0 Å². The topological polar surface area (TPSA) is 75.3 Å². The van der Waals surface area contributed by atoms with Crippen molar-refractivity contribution in [1.29, 1.82) is 0 Å². The van der Waals surface area contributed by atoms with E-state index in [1.54, 1.807) is 31.2 Å². The number of anilines is 1. The summed E-state index contributed by atoms with van der Waals surface area (Å²) in [6.45, 7) is 7.67. The molecule has 1 amide bonds. The van der Waals surface area contributed by atoms with Crippen LogP contribution in [0, 0.1) is 20.8 Å². The zero-order chi connectivity index (χ0) is 22.6. The van der Waals surface area contributed by atoms with Crippen LogP contribution in [0.1, 0.15) is 52.0 Å². The molecule has 0 fully saturated rings. The van der Waals surface area contributed by atoms with E-state index >= 15 is 0 Å². The van der Waals surface area contributed by atoms with Crippen molar-refractivity contribution in [2.24, 2.45) is 0 Å². The molecule has 0 bridgehead atoms. The van der Waals surface area contributed by atoms with Crippen LogP contribution in [0.4, 0.5) is 5.69 Å². The fourth-order valence-corrected chi connectivity index (χ4v) is 4.65. The number of aryl methyl sites for hydroxylation is 3. The predicted octanol–water partition coefficient (Wildman–Crippen LogP) is 5.29. The van der Waals surface area contributed by atoms with E-state index in [1.165, 1.54) is 6.07 Å². The maximum absolute atomic E-state index is 13.0. The SMILES string of the molecule is CCC(NC(=O)c1ccc(C)c(S(=O)(=O)Nc2ccc(C)cc2)c1)c1ccc(C)cc1. The highest BCUT2D eigenvalue weighted by Crippen LogP contribution is 2.23. The zero-order valence-corrected chi connectivity index (χ0v) is 19.1. The van der Waals surface area contributed by atoms with Crippen molar-refractivity contribution in [2.75, 3.05) is 4.72 Å². The number of sulfonamides is 1. The van der Waals surface area contributed by atoms with Crippen LogP contribution in [0.25, 0.3) is 0 Å². The fourth-order valence-electron chi connectivity index (χ4n) is 3.32. The number of rotatable bonds is 7. The van der Waals surface area contributed by atoms with Crippen molar-refractivity contribution in [3.8, 4) is 0 Å². The highest BCUT2D eigenvalue weighted by Gasteiger charge is 2.21. The van der Waals surface area contributed by atoms with Crippen LogP contribution in [0.5, 0.6) is 0 Å². The second-order valence-electron chi connectivity index (χ2n) is 7.80. The first-order chi connectivity index (χ1) is 14.7. The molecule has 0 spiro atoms. The van der Waals surface area contributed by atoms with Crippen molar-refractivity contribution in [2.45, 2.75) is 45.1 Å². The van der Waals surface area contributed by atoms with E-state index in [9.17, 15) is 13.2 Å². The van der Waals surface area contributed by atoms with Crippen LogP contribution in [0.3, 0.4) is 0 Å². The van der Waals surface area contributed by atoms with Gasteiger partial charge in [-0.05, 0) is 62.6 Å². The molecule has 0 saturated heterocycles. The average molecular weight is 437 g/mol. The first-order valence-electron chi connectivity index (χ1n) is 10.3. The molecule has 0 radical (unpaired) electrons. The molecule has 3 rings (SSSR count). The third kappa shape index (κ3) is 5.52. The van der Waals surface area contributed by atoms with Gasteiger partial charge in [-0.3, -0.25) is 9.52 Å². The Labute approximate surface area is 184 Å². The molecule has 0 aliphatic heterocycles. The van der Waals surface area contributed by atoms with E-state index < -0.39 is 10.0 Å². The molecular formula is C25H28N2O3S. The molecular weight excluding hydrogens is 408 g/mol. The molecule has 2 N–H and O–H groups in total. The summed E-state index contributed by atoms with van der Waals surface area (Å²) in [6, 6.07) is 19.7. The van der Waals surface area contributed by atoms with Crippen molar-refractivity contribution in [3.05, 3.63) is 94.5 Å². The molecule has 1 atom stereocenters. The maximum atomic E-state index is 13.0. The normalized spacial score (nSPS) is 12.3. The van der Waals surface area contributed by atoms with Crippen LogP contribution in [0.15, 0.2) is 71.6 Å². The molecule has 0 aromatic heterocycles. The van der Waals surface area contributed by atoms with E-state index in [-0.39, 0.29) is 16.8 Å². The van der Waals surface area contributed by atoms with Gasteiger partial charge < -0.3 is 5.32 Å². The lowest BCUT2D eigenvalue weighted by atomic mass is 10.0. The van der Waals surface area contributed by atoms with Crippen molar-refractivity contribution in [1.82, 2.24) is 5.32 Å². The Morgan fingerprint density at radius 2 is 1.45 bits per heavy atom. The minimum atomic E-state index is -3.83. The van der Waals surface area contributed by atoms with Gasteiger partial charge in [0, 0.05) is 11.3 Å². The summed E-state index contributed by atoms with van der Waals surface area (Å²) in [5.41, 5.74) is 4.56. The molecule has 0 saturated carbocycles. The Bertz CT molecular complexity index is 1170. The smallest absolute Gasteiger partial charge is 0.262 e. The van der Waals surface area contributed by atoms with Gasteiger partial charge in [-0.2, -0.15) is 0 Å². The lowest BCUT2D eigenvalue weighted by molar-refractivity contribution is 0.0935. The molecule has 5 nitrogen and oxygen atoms in total. The monoisotopic (exact) mass is 436 g/mol. The van der Waals surface area contributed by atoms with Gasteiger partial charge in [0.1, 0.15) is 0 Å². The molecule has 0 aliphatic rings. The Balaban J connectivity index is 1.84. The summed E-state index contributed by atoms with van der Waals surface area (Å²) in [6.07, 6.45) is 0.723. The zero-order valence-electron chi connectivity index (χ0n) is 18.3.